The van der Waals surface area contributed by atoms with Crippen molar-refractivity contribution >= 4 is 6.08 Å². The van der Waals surface area contributed by atoms with Crippen molar-refractivity contribution in [1.29, 1.82) is 0 Å². The predicted molar refractivity (Wildman–Crippen MR) is 79.4 cm³/mol. The first kappa shape index (κ1) is 13.6. The summed E-state index contributed by atoms with van der Waals surface area (Å²) in [5, 5.41) is 0. The molecule has 0 radical (unpaired) electrons. The minimum Gasteiger partial charge on any atom is -0.312 e. The third-order valence-corrected chi connectivity index (χ3v) is 4.30. The van der Waals surface area contributed by atoms with Crippen LogP contribution in [0.25, 0.3) is 5.69 Å². The molecule has 1 aromatic heterocycles. The van der Waals surface area contributed by atoms with Gasteiger partial charge in [0.25, 0.3) is 0 Å². The highest BCUT2D eigenvalue weighted by Gasteiger charge is 2.37. The van der Waals surface area contributed by atoms with E-state index in [1.54, 1.807) is 16.8 Å². The normalized spacial score (nSPS) is 16.6. The fourth-order valence-electron chi connectivity index (χ4n) is 3.31. The molecule has 0 bridgehead atoms. The molecule has 1 fully saturated rings. The number of nitrogens with zero attached hydrogens (tertiary/aromatic N) is 2. The first-order chi connectivity index (χ1) is 10.2. The molecule has 3 rings (SSSR count). The molecule has 0 aliphatic heterocycles. The molecule has 1 saturated carbocycles. The fourth-order valence-corrected chi connectivity index (χ4v) is 3.31. The van der Waals surface area contributed by atoms with Crippen molar-refractivity contribution in [3.8, 4) is 5.69 Å². The lowest BCUT2D eigenvalue weighted by Crippen LogP contribution is -2.25. The average Bonchev–Trinajstić information content (AvgIpc) is 3.08. The molecule has 1 aromatic carbocycles. The largest absolute Gasteiger partial charge is 0.330 e. The van der Waals surface area contributed by atoms with E-state index in [1.807, 2.05) is 31.2 Å². The van der Waals surface area contributed by atoms with Crippen molar-refractivity contribution in [1.82, 2.24) is 9.55 Å². The van der Waals surface area contributed by atoms with Crippen molar-refractivity contribution in [2.45, 2.75) is 38.1 Å². The fraction of sp³-hybridized carbons (Fsp3) is 0.375. The van der Waals surface area contributed by atoms with E-state index < -0.39 is 5.54 Å². The summed E-state index contributed by atoms with van der Waals surface area (Å²) < 4.78 is 1.63. The number of hydrogen-bond donors (Lipinski definition) is 1. The Morgan fingerprint density at radius 2 is 2.00 bits per heavy atom. The lowest BCUT2D eigenvalue weighted by Gasteiger charge is -2.26. The van der Waals surface area contributed by atoms with E-state index >= 15 is 0 Å². The van der Waals surface area contributed by atoms with Crippen LogP contribution in [0.3, 0.4) is 0 Å². The molecular weight excluding hydrogens is 266 g/mol. The van der Waals surface area contributed by atoms with Crippen LogP contribution in [0.15, 0.2) is 40.2 Å². The number of nitrogens with one attached hydrogen (secondary N) is 1. The van der Waals surface area contributed by atoms with Crippen molar-refractivity contribution in [2.24, 2.45) is 4.99 Å². The molecule has 0 saturated heterocycles. The van der Waals surface area contributed by atoms with E-state index in [2.05, 4.69) is 9.98 Å². The molecule has 0 amide bonds. The van der Waals surface area contributed by atoms with Gasteiger partial charge in [0, 0.05) is 17.5 Å². The Labute approximate surface area is 122 Å². The lowest BCUT2D eigenvalue weighted by molar-refractivity contribution is 0.454. The first-order valence-electron chi connectivity index (χ1n) is 7.14. The number of benzene rings is 1. The predicted octanol–water partition coefficient (Wildman–Crippen LogP) is 2.58. The smallest absolute Gasteiger partial charge is 0.312 e. The van der Waals surface area contributed by atoms with Gasteiger partial charge in [0.05, 0.1) is 5.69 Å². The van der Waals surface area contributed by atoms with E-state index in [9.17, 15) is 9.59 Å². The number of rotatable bonds is 3. The van der Waals surface area contributed by atoms with Crippen LogP contribution in [-0.4, -0.2) is 15.6 Å². The summed E-state index contributed by atoms with van der Waals surface area (Å²) in [4.78, 5) is 29.8. The summed E-state index contributed by atoms with van der Waals surface area (Å²) in [5.74, 6) is 0. The van der Waals surface area contributed by atoms with Gasteiger partial charge < -0.3 is 4.98 Å². The second-order valence-electron chi connectivity index (χ2n) is 5.53. The molecular formula is C16H17N3O2. The number of aromatic amines is 1. The second kappa shape index (κ2) is 5.19. The maximum Gasteiger partial charge on any atom is 0.330 e. The molecule has 0 spiro atoms. The summed E-state index contributed by atoms with van der Waals surface area (Å²) in [5.41, 5.74) is 1.83. The van der Waals surface area contributed by atoms with Gasteiger partial charge >= 0.3 is 5.69 Å². The highest BCUT2D eigenvalue weighted by Crippen LogP contribution is 2.44. The molecule has 1 aliphatic carbocycles. The standard InChI is InChI=1S/C16H17N3O2/c1-12-10-17-15(21)19(12)14-7-3-2-6-13(14)16(18-11-20)8-4-5-9-16/h2-3,6-7,10H,4-5,8-9H2,1H3,(H,17,21). The van der Waals surface area contributed by atoms with E-state index in [-0.39, 0.29) is 5.69 Å². The third-order valence-electron chi connectivity index (χ3n) is 4.30. The molecule has 0 unspecified atom stereocenters. The zero-order valence-electron chi connectivity index (χ0n) is 11.9. The van der Waals surface area contributed by atoms with Crippen LogP contribution in [0.1, 0.15) is 36.9 Å². The van der Waals surface area contributed by atoms with Crippen LogP contribution in [0, 0.1) is 6.92 Å². The van der Waals surface area contributed by atoms with Crippen LogP contribution in [0.2, 0.25) is 0 Å². The molecule has 5 nitrogen and oxygen atoms in total. The SMILES string of the molecule is Cc1c[nH]c(=O)n1-c1ccccc1C1(N=C=O)CCCC1. The van der Waals surface area contributed by atoms with Crippen LogP contribution in [-0.2, 0) is 10.3 Å². The monoisotopic (exact) mass is 283 g/mol. The van der Waals surface area contributed by atoms with Crippen molar-refractivity contribution < 1.29 is 4.79 Å². The minimum absolute atomic E-state index is 0.178. The first-order valence-corrected chi connectivity index (χ1v) is 7.14. The second-order valence-corrected chi connectivity index (χ2v) is 5.53. The number of hydrogen-bond acceptors (Lipinski definition) is 3. The van der Waals surface area contributed by atoms with Crippen LogP contribution < -0.4 is 5.69 Å². The van der Waals surface area contributed by atoms with Crippen LogP contribution in [0.5, 0.6) is 0 Å². The van der Waals surface area contributed by atoms with Gasteiger partial charge in [-0.2, -0.15) is 4.99 Å². The molecule has 0 atom stereocenters. The molecule has 2 aromatic rings. The molecule has 21 heavy (non-hydrogen) atoms. The van der Waals surface area contributed by atoms with E-state index in [0.29, 0.717) is 0 Å². The minimum atomic E-state index is -0.540. The summed E-state index contributed by atoms with van der Waals surface area (Å²) in [7, 11) is 0. The van der Waals surface area contributed by atoms with E-state index in [4.69, 9.17) is 0 Å². The number of aliphatic imine (C=N–C) groups is 1. The molecule has 1 aliphatic rings. The summed E-state index contributed by atoms with van der Waals surface area (Å²) >= 11 is 0. The van der Waals surface area contributed by atoms with Gasteiger partial charge in [-0.25, -0.2) is 9.59 Å². The molecule has 5 heteroatoms. The Morgan fingerprint density at radius 1 is 1.29 bits per heavy atom. The highest BCUT2D eigenvalue weighted by atomic mass is 16.1. The van der Waals surface area contributed by atoms with Gasteiger partial charge in [0.1, 0.15) is 5.54 Å². The maximum atomic E-state index is 12.1. The number of H-pyrrole nitrogens is 1. The molecule has 108 valence electrons. The molecule has 1 N–H and O–H groups in total. The Kier molecular flexibility index (Phi) is 3.35. The topological polar surface area (TPSA) is 67.2 Å². The average molecular weight is 283 g/mol. The summed E-state index contributed by atoms with van der Waals surface area (Å²) in [6, 6.07) is 7.68. The lowest BCUT2D eigenvalue weighted by atomic mass is 9.87. The van der Waals surface area contributed by atoms with Crippen molar-refractivity contribution in [3.63, 3.8) is 0 Å². The zero-order valence-corrected chi connectivity index (χ0v) is 11.9. The number of imidazole rings is 1. The van der Waals surface area contributed by atoms with Crippen molar-refractivity contribution in [3.05, 3.63) is 52.2 Å². The maximum absolute atomic E-state index is 12.1. The number of aryl methyl sites for hydroxylation is 1. The van der Waals surface area contributed by atoms with Gasteiger partial charge in [-0.1, -0.05) is 31.0 Å². The van der Waals surface area contributed by atoms with Gasteiger partial charge in [-0.3, -0.25) is 4.57 Å². The Hall–Kier alpha value is -2.39. The number of para-hydroxylation sites is 1. The van der Waals surface area contributed by atoms with Gasteiger partial charge in [0.15, 0.2) is 0 Å². The van der Waals surface area contributed by atoms with Crippen LogP contribution in [0.4, 0.5) is 0 Å². The summed E-state index contributed by atoms with van der Waals surface area (Å²) in [6.45, 7) is 1.87. The van der Waals surface area contributed by atoms with Crippen molar-refractivity contribution in [2.75, 3.05) is 0 Å². The summed E-state index contributed by atoms with van der Waals surface area (Å²) in [6.07, 6.45) is 7.10. The van der Waals surface area contributed by atoms with E-state index in [1.165, 1.54) is 0 Å². The van der Waals surface area contributed by atoms with Crippen LogP contribution >= 0.6 is 0 Å². The number of aromatic nitrogens is 2. The number of carbonyl (C=O) groups excluding carboxylic acids is 1. The van der Waals surface area contributed by atoms with E-state index in [0.717, 1.165) is 42.6 Å². The Balaban J connectivity index is 2.26. The third kappa shape index (κ3) is 2.16. The molecule has 1 heterocycles. The number of isocyanates is 1. The van der Waals surface area contributed by atoms with Gasteiger partial charge in [0.2, 0.25) is 6.08 Å². The highest BCUT2D eigenvalue weighted by molar-refractivity contribution is 5.49. The van der Waals surface area contributed by atoms with Gasteiger partial charge in [-0.05, 0) is 25.8 Å². The quantitative estimate of drug-likeness (QED) is 0.695. The van der Waals surface area contributed by atoms with Gasteiger partial charge in [-0.15, -0.1) is 0 Å². The Bertz CT molecular complexity index is 760. The Morgan fingerprint density at radius 3 is 2.62 bits per heavy atom. The zero-order chi connectivity index (χ0) is 14.9.